The van der Waals surface area contributed by atoms with Crippen molar-refractivity contribution in [1.82, 2.24) is 4.57 Å². The molecule has 1 N–H and O–H groups in total. The van der Waals surface area contributed by atoms with E-state index < -0.39 is 12.0 Å². The molecule has 0 fully saturated rings. The zero-order valence-corrected chi connectivity index (χ0v) is 16.8. The molecule has 0 aliphatic heterocycles. The number of benzene rings is 1. The van der Waals surface area contributed by atoms with Crippen LogP contribution in [0.3, 0.4) is 0 Å². The summed E-state index contributed by atoms with van der Waals surface area (Å²) >= 11 is 3.29. The number of carbonyl (C=O) groups is 1. The molecule has 0 saturated carbocycles. The predicted molar refractivity (Wildman–Crippen MR) is 104 cm³/mol. The summed E-state index contributed by atoms with van der Waals surface area (Å²) in [7, 11) is 0. The van der Waals surface area contributed by atoms with E-state index in [1.165, 1.54) is 4.57 Å². The second-order valence-electron chi connectivity index (χ2n) is 7.68. The van der Waals surface area contributed by atoms with E-state index in [1.54, 1.807) is 6.07 Å². The maximum atomic E-state index is 12.9. The molecular weight excluding hydrogens is 382 g/mol. The standard InChI is InChI=1S/C20H24BrNO3/c1-12-6-8-14(9-7-12)17-13(2)10-15(21)18(23)22(17)16(19(24)25)11-20(3,4)5/h6-10,16H,11H2,1-5H3,(H,24,25). The number of pyridine rings is 1. The van der Waals surface area contributed by atoms with Crippen molar-refractivity contribution in [1.29, 1.82) is 0 Å². The Kier molecular flexibility index (Phi) is 5.57. The Balaban J connectivity index is 2.80. The second kappa shape index (κ2) is 7.16. The molecule has 2 aromatic rings. The first kappa shape index (κ1) is 19.4. The van der Waals surface area contributed by atoms with Crippen molar-refractivity contribution >= 4 is 21.9 Å². The SMILES string of the molecule is Cc1ccc(-c2c(C)cc(Br)c(=O)n2C(CC(C)(C)C)C(=O)O)cc1. The summed E-state index contributed by atoms with van der Waals surface area (Å²) in [5.41, 5.74) is 2.91. The number of aliphatic carboxylic acids is 1. The lowest BCUT2D eigenvalue weighted by molar-refractivity contribution is -0.141. The normalized spacial score (nSPS) is 12.9. The van der Waals surface area contributed by atoms with Crippen molar-refractivity contribution in [3.63, 3.8) is 0 Å². The fourth-order valence-corrected chi connectivity index (χ4v) is 3.51. The maximum Gasteiger partial charge on any atom is 0.326 e. The van der Waals surface area contributed by atoms with Crippen LogP contribution in [0, 0.1) is 19.3 Å². The highest BCUT2D eigenvalue weighted by atomic mass is 79.9. The summed E-state index contributed by atoms with van der Waals surface area (Å²) in [5, 5.41) is 9.84. The molecule has 0 amide bonds. The molecule has 1 heterocycles. The third kappa shape index (κ3) is 4.40. The van der Waals surface area contributed by atoms with Gasteiger partial charge in [0, 0.05) is 0 Å². The summed E-state index contributed by atoms with van der Waals surface area (Å²) in [4.78, 5) is 24.9. The van der Waals surface area contributed by atoms with Gasteiger partial charge in [0.15, 0.2) is 0 Å². The number of hydrogen-bond donors (Lipinski definition) is 1. The number of carboxylic acid groups (broad SMARTS) is 1. The van der Waals surface area contributed by atoms with E-state index in [1.807, 2.05) is 58.9 Å². The molecule has 0 saturated heterocycles. The molecule has 1 aromatic heterocycles. The van der Waals surface area contributed by atoms with Crippen molar-refractivity contribution < 1.29 is 9.90 Å². The Morgan fingerprint density at radius 2 is 1.76 bits per heavy atom. The van der Waals surface area contributed by atoms with Crippen molar-refractivity contribution in [2.24, 2.45) is 5.41 Å². The van der Waals surface area contributed by atoms with Gasteiger partial charge in [-0.15, -0.1) is 0 Å². The van der Waals surface area contributed by atoms with E-state index >= 15 is 0 Å². The summed E-state index contributed by atoms with van der Waals surface area (Å²) in [6.07, 6.45) is 0.358. The number of nitrogens with zero attached hydrogens (tertiary/aromatic N) is 1. The van der Waals surface area contributed by atoms with Gasteiger partial charge in [-0.2, -0.15) is 0 Å². The molecule has 0 spiro atoms. The zero-order valence-electron chi connectivity index (χ0n) is 15.3. The Morgan fingerprint density at radius 1 is 1.20 bits per heavy atom. The van der Waals surface area contributed by atoms with Crippen LogP contribution in [0.5, 0.6) is 0 Å². The van der Waals surface area contributed by atoms with Crippen LogP contribution in [0.4, 0.5) is 0 Å². The Hall–Kier alpha value is -1.88. The molecule has 1 unspecified atom stereocenters. The molecule has 0 aliphatic carbocycles. The van der Waals surface area contributed by atoms with Crippen LogP contribution in [0.25, 0.3) is 11.3 Å². The van der Waals surface area contributed by atoms with Gasteiger partial charge in [-0.3, -0.25) is 9.36 Å². The summed E-state index contributed by atoms with van der Waals surface area (Å²) in [5.74, 6) is -0.997. The van der Waals surface area contributed by atoms with E-state index in [2.05, 4.69) is 15.9 Å². The molecule has 25 heavy (non-hydrogen) atoms. The second-order valence-corrected chi connectivity index (χ2v) is 8.54. The molecule has 0 radical (unpaired) electrons. The topological polar surface area (TPSA) is 59.3 Å². The fourth-order valence-electron chi connectivity index (χ4n) is 2.97. The minimum Gasteiger partial charge on any atom is -0.480 e. The van der Waals surface area contributed by atoms with Crippen LogP contribution in [0.1, 0.15) is 44.4 Å². The van der Waals surface area contributed by atoms with Crippen LogP contribution < -0.4 is 5.56 Å². The van der Waals surface area contributed by atoms with E-state index in [-0.39, 0.29) is 11.0 Å². The number of carboxylic acids is 1. The highest BCUT2D eigenvalue weighted by Crippen LogP contribution is 2.33. The van der Waals surface area contributed by atoms with Gasteiger partial charge in [0.25, 0.3) is 5.56 Å². The smallest absolute Gasteiger partial charge is 0.326 e. The number of aryl methyl sites for hydroxylation is 2. The van der Waals surface area contributed by atoms with Gasteiger partial charge >= 0.3 is 5.97 Å². The molecule has 0 aliphatic rings. The fraction of sp³-hybridized carbons (Fsp3) is 0.400. The lowest BCUT2D eigenvalue weighted by atomic mass is 9.87. The Morgan fingerprint density at radius 3 is 2.24 bits per heavy atom. The molecule has 134 valence electrons. The molecule has 2 rings (SSSR count). The lowest BCUT2D eigenvalue weighted by Gasteiger charge is -2.28. The van der Waals surface area contributed by atoms with Crippen LogP contribution in [0.15, 0.2) is 39.6 Å². The van der Waals surface area contributed by atoms with E-state index in [0.717, 1.165) is 16.7 Å². The predicted octanol–water partition coefficient (Wildman–Crippen LogP) is 4.96. The largest absolute Gasteiger partial charge is 0.480 e. The van der Waals surface area contributed by atoms with Gasteiger partial charge < -0.3 is 5.11 Å². The van der Waals surface area contributed by atoms with Crippen LogP contribution in [-0.4, -0.2) is 15.6 Å². The highest BCUT2D eigenvalue weighted by molar-refractivity contribution is 9.10. The minimum absolute atomic E-state index is 0.233. The summed E-state index contributed by atoms with van der Waals surface area (Å²) < 4.78 is 1.80. The van der Waals surface area contributed by atoms with Gasteiger partial charge in [-0.1, -0.05) is 50.6 Å². The molecule has 5 heteroatoms. The van der Waals surface area contributed by atoms with E-state index in [9.17, 15) is 14.7 Å². The number of rotatable bonds is 4. The lowest BCUT2D eigenvalue weighted by Crippen LogP contribution is -2.34. The van der Waals surface area contributed by atoms with Crippen molar-refractivity contribution in [2.45, 2.75) is 47.1 Å². The van der Waals surface area contributed by atoms with Crippen LogP contribution in [-0.2, 0) is 4.79 Å². The molecular formula is C20H24BrNO3. The van der Waals surface area contributed by atoms with Gasteiger partial charge in [-0.05, 0) is 58.8 Å². The Labute approximate surface area is 156 Å². The first-order valence-corrected chi connectivity index (χ1v) is 9.02. The quantitative estimate of drug-likeness (QED) is 0.781. The van der Waals surface area contributed by atoms with Crippen molar-refractivity contribution in [3.05, 3.63) is 56.3 Å². The first-order chi connectivity index (χ1) is 11.5. The van der Waals surface area contributed by atoms with E-state index in [4.69, 9.17) is 0 Å². The molecule has 1 atom stereocenters. The monoisotopic (exact) mass is 405 g/mol. The van der Waals surface area contributed by atoms with Crippen LogP contribution >= 0.6 is 15.9 Å². The molecule has 0 bridgehead atoms. The summed E-state index contributed by atoms with van der Waals surface area (Å²) in [6, 6.07) is 8.61. The van der Waals surface area contributed by atoms with Gasteiger partial charge in [0.2, 0.25) is 0 Å². The van der Waals surface area contributed by atoms with Gasteiger partial charge in [0.1, 0.15) is 6.04 Å². The molecule has 1 aromatic carbocycles. The number of halogens is 1. The van der Waals surface area contributed by atoms with Gasteiger partial charge in [0.05, 0.1) is 10.2 Å². The van der Waals surface area contributed by atoms with Crippen LogP contribution in [0.2, 0.25) is 0 Å². The van der Waals surface area contributed by atoms with Crippen molar-refractivity contribution in [3.8, 4) is 11.3 Å². The maximum absolute atomic E-state index is 12.9. The van der Waals surface area contributed by atoms with Crippen molar-refractivity contribution in [2.75, 3.05) is 0 Å². The average molecular weight is 406 g/mol. The average Bonchev–Trinajstić information content (AvgIpc) is 2.48. The first-order valence-electron chi connectivity index (χ1n) is 8.23. The molecule has 4 nitrogen and oxygen atoms in total. The zero-order chi connectivity index (χ0) is 18.9. The summed E-state index contributed by atoms with van der Waals surface area (Å²) in [6.45, 7) is 9.82. The van der Waals surface area contributed by atoms with Gasteiger partial charge in [-0.25, -0.2) is 4.79 Å². The third-order valence-electron chi connectivity index (χ3n) is 4.11. The number of hydrogen-bond acceptors (Lipinski definition) is 2. The minimum atomic E-state index is -0.997. The Bertz CT molecular complexity index is 845. The third-order valence-corrected chi connectivity index (χ3v) is 4.68. The highest BCUT2D eigenvalue weighted by Gasteiger charge is 2.30. The van der Waals surface area contributed by atoms with E-state index in [0.29, 0.717) is 16.6 Å². The number of aromatic nitrogens is 1.